The average molecular weight is 451 g/mol. The number of Topliss-reactive ketones (excluding diaryl/α,β-unsaturated/α-hetero) is 1. The predicted octanol–water partition coefficient (Wildman–Crippen LogP) is 5.16. The van der Waals surface area contributed by atoms with Crippen LogP contribution in [0.25, 0.3) is 0 Å². The summed E-state index contributed by atoms with van der Waals surface area (Å²) < 4.78 is 1.83. The van der Waals surface area contributed by atoms with Crippen molar-refractivity contribution in [3.63, 3.8) is 0 Å². The van der Waals surface area contributed by atoms with E-state index in [2.05, 4.69) is 57.8 Å². The highest BCUT2D eigenvalue weighted by Gasteiger charge is 2.36. The molecular weight excluding hydrogens is 434 g/mol. The minimum absolute atomic E-state index is 0.398. The molecule has 2 aromatic rings. The van der Waals surface area contributed by atoms with Gasteiger partial charge < -0.3 is 4.90 Å². The molecule has 3 nitrogen and oxygen atoms in total. The Kier molecular flexibility index (Phi) is 4.92. The number of anilines is 1. The number of nitrogens with zero attached hydrogens (tertiary/aromatic N) is 1. The van der Waals surface area contributed by atoms with Crippen molar-refractivity contribution < 1.29 is 9.59 Å². The Bertz CT molecular complexity index is 794. The van der Waals surface area contributed by atoms with E-state index < -0.39 is 11.8 Å². The van der Waals surface area contributed by atoms with Gasteiger partial charge in [-0.25, -0.2) is 0 Å². The van der Waals surface area contributed by atoms with E-state index >= 15 is 0 Å². The summed E-state index contributed by atoms with van der Waals surface area (Å²) in [6, 6.07) is 11.4. The summed E-state index contributed by atoms with van der Waals surface area (Å²) in [5.74, 6) is -0.0264. The van der Waals surface area contributed by atoms with Gasteiger partial charge in [0.05, 0.1) is 5.69 Å². The number of ketones is 1. The maximum atomic E-state index is 12.3. The van der Waals surface area contributed by atoms with Gasteiger partial charge in [0.25, 0.3) is 0 Å². The highest BCUT2D eigenvalue weighted by molar-refractivity contribution is 9.11. The lowest BCUT2D eigenvalue weighted by molar-refractivity contribution is -0.130. The molecule has 24 heavy (non-hydrogen) atoms. The fourth-order valence-electron chi connectivity index (χ4n) is 3.16. The van der Waals surface area contributed by atoms with E-state index in [4.69, 9.17) is 0 Å². The highest BCUT2D eigenvalue weighted by Crippen LogP contribution is 2.45. The lowest BCUT2D eigenvalue weighted by atomic mass is 10.0. The van der Waals surface area contributed by atoms with Crippen LogP contribution in [0.1, 0.15) is 42.5 Å². The zero-order chi connectivity index (χ0) is 17.4. The normalized spacial score (nSPS) is 16.4. The molecule has 0 aliphatic carbocycles. The number of hydrogen-bond donors (Lipinski definition) is 0. The molecule has 1 aliphatic rings. The third kappa shape index (κ3) is 2.95. The van der Waals surface area contributed by atoms with E-state index in [9.17, 15) is 9.59 Å². The summed E-state index contributed by atoms with van der Waals surface area (Å²) in [6.45, 7) is 4.87. The molecule has 1 atom stereocenters. The second-order valence-corrected chi connectivity index (χ2v) is 7.95. The van der Waals surface area contributed by atoms with Crippen molar-refractivity contribution in [2.24, 2.45) is 0 Å². The Labute approximate surface area is 158 Å². The Morgan fingerprint density at radius 3 is 2.42 bits per heavy atom. The van der Waals surface area contributed by atoms with Crippen LogP contribution in [0.4, 0.5) is 5.69 Å². The van der Waals surface area contributed by atoms with Crippen molar-refractivity contribution in [3.05, 3.63) is 62.0 Å². The molecule has 0 N–H and O–H groups in total. The Balaban J connectivity index is 2.12. The van der Waals surface area contributed by atoms with E-state index in [1.807, 2.05) is 29.2 Å². The van der Waals surface area contributed by atoms with Crippen LogP contribution in [0, 0.1) is 0 Å². The van der Waals surface area contributed by atoms with Gasteiger partial charge in [-0.2, -0.15) is 0 Å². The first-order chi connectivity index (χ1) is 11.4. The molecule has 0 aromatic heterocycles. The van der Waals surface area contributed by atoms with Crippen molar-refractivity contribution in [1.82, 2.24) is 0 Å². The molecule has 0 fully saturated rings. The van der Waals surface area contributed by atoms with Crippen molar-refractivity contribution >= 4 is 49.6 Å². The minimum atomic E-state index is -0.573. The fraction of sp³-hybridized carbons (Fsp3) is 0.263. The van der Waals surface area contributed by atoms with Crippen LogP contribution >= 0.6 is 31.9 Å². The van der Waals surface area contributed by atoms with Gasteiger partial charge in [0.15, 0.2) is 6.29 Å². The first kappa shape index (κ1) is 17.4. The molecule has 2 aromatic carbocycles. The van der Waals surface area contributed by atoms with Crippen LogP contribution in [-0.2, 0) is 16.1 Å². The Morgan fingerprint density at radius 2 is 1.83 bits per heavy atom. The zero-order valence-corrected chi connectivity index (χ0v) is 16.6. The van der Waals surface area contributed by atoms with Gasteiger partial charge in [0, 0.05) is 15.5 Å². The van der Waals surface area contributed by atoms with Crippen molar-refractivity contribution in [3.8, 4) is 0 Å². The monoisotopic (exact) mass is 449 g/mol. The quantitative estimate of drug-likeness (QED) is 0.476. The van der Waals surface area contributed by atoms with Crippen molar-refractivity contribution in [2.75, 3.05) is 4.90 Å². The van der Waals surface area contributed by atoms with E-state index in [0.29, 0.717) is 18.7 Å². The molecule has 1 aliphatic heterocycles. The van der Waals surface area contributed by atoms with Gasteiger partial charge >= 0.3 is 0 Å². The van der Waals surface area contributed by atoms with Crippen LogP contribution in [0.2, 0.25) is 0 Å². The molecule has 124 valence electrons. The maximum absolute atomic E-state index is 12.3. The van der Waals surface area contributed by atoms with Gasteiger partial charge in [-0.3, -0.25) is 9.59 Å². The number of rotatable bonds is 4. The summed E-state index contributed by atoms with van der Waals surface area (Å²) in [5.41, 5.74) is 4.08. The van der Waals surface area contributed by atoms with Gasteiger partial charge in [0.2, 0.25) is 5.78 Å². The van der Waals surface area contributed by atoms with Crippen LogP contribution < -0.4 is 4.90 Å². The molecule has 0 amide bonds. The predicted molar refractivity (Wildman–Crippen MR) is 102 cm³/mol. The molecular formula is C19H17Br2NO2. The Morgan fingerprint density at radius 1 is 1.21 bits per heavy atom. The first-order valence-corrected chi connectivity index (χ1v) is 9.35. The summed E-state index contributed by atoms with van der Waals surface area (Å²) in [4.78, 5) is 25.5. The lowest BCUT2D eigenvalue weighted by Crippen LogP contribution is -2.29. The maximum Gasteiger partial charge on any atom is 0.222 e. The molecule has 0 spiro atoms. The standard InChI is InChI=1S/C19H17Br2NO2/c1-11(2)13-7-15(20)19(16(21)8-13)22-9-12-5-3-4-6-14(12)18(22)17(24)10-23/h3-8,10-11,18H,9H2,1-2H3. The molecule has 0 bridgehead atoms. The van der Waals surface area contributed by atoms with Gasteiger partial charge in [-0.15, -0.1) is 0 Å². The topological polar surface area (TPSA) is 37.4 Å². The van der Waals surface area contributed by atoms with Crippen molar-refractivity contribution in [1.29, 1.82) is 0 Å². The molecule has 0 saturated carbocycles. The number of carbonyl (C=O) groups excluding carboxylic acids is 2. The van der Waals surface area contributed by atoms with Gasteiger partial charge in [-0.1, -0.05) is 38.1 Å². The second-order valence-electron chi connectivity index (χ2n) is 6.24. The van der Waals surface area contributed by atoms with Gasteiger partial charge in [0.1, 0.15) is 6.04 Å². The summed E-state index contributed by atoms with van der Waals surface area (Å²) in [7, 11) is 0. The SMILES string of the molecule is CC(C)c1cc(Br)c(N2Cc3ccccc3C2C(=O)C=O)c(Br)c1. The van der Waals surface area contributed by atoms with Crippen LogP contribution in [0.5, 0.6) is 0 Å². The van der Waals surface area contributed by atoms with Crippen LogP contribution in [-0.4, -0.2) is 12.1 Å². The van der Waals surface area contributed by atoms with Gasteiger partial charge in [-0.05, 0) is 66.6 Å². The van der Waals surface area contributed by atoms with E-state index in [1.165, 1.54) is 5.56 Å². The minimum Gasteiger partial charge on any atom is -0.351 e. The van der Waals surface area contributed by atoms with E-state index in [1.54, 1.807) is 0 Å². The number of fused-ring (bicyclic) bond motifs is 1. The number of hydrogen-bond acceptors (Lipinski definition) is 3. The molecule has 5 heteroatoms. The summed E-state index contributed by atoms with van der Waals surface area (Å²) in [6.07, 6.45) is 0.421. The highest BCUT2D eigenvalue weighted by atomic mass is 79.9. The van der Waals surface area contributed by atoms with E-state index in [0.717, 1.165) is 25.8 Å². The largest absolute Gasteiger partial charge is 0.351 e. The van der Waals surface area contributed by atoms with Crippen molar-refractivity contribution in [2.45, 2.75) is 32.4 Å². The molecule has 0 radical (unpaired) electrons. The molecule has 0 saturated heterocycles. The van der Waals surface area contributed by atoms with Crippen LogP contribution in [0.3, 0.4) is 0 Å². The van der Waals surface area contributed by atoms with E-state index in [-0.39, 0.29) is 0 Å². The summed E-state index contributed by atoms with van der Waals surface area (Å²) in [5, 5.41) is 0. The average Bonchev–Trinajstić information content (AvgIpc) is 2.92. The zero-order valence-electron chi connectivity index (χ0n) is 13.4. The number of halogens is 2. The molecule has 1 unspecified atom stereocenters. The molecule has 1 heterocycles. The third-order valence-electron chi connectivity index (χ3n) is 4.38. The number of aldehydes is 1. The number of carbonyl (C=O) groups is 2. The molecule has 3 rings (SSSR count). The first-order valence-electron chi connectivity index (χ1n) is 7.76. The fourth-order valence-corrected chi connectivity index (χ4v) is 4.84. The second kappa shape index (κ2) is 6.81. The van der Waals surface area contributed by atoms with Crippen LogP contribution in [0.15, 0.2) is 45.3 Å². The number of benzene rings is 2. The third-order valence-corrected chi connectivity index (χ3v) is 5.59. The summed E-state index contributed by atoms with van der Waals surface area (Å²) >= 11 is 7.30. The lowest BCUT2D eigenvalue weighted by Gasteiger charge is -2.28. The Hall–Kier alpha value is -1.46. The smallest absolute Gasteiger partial charge is 0.222 e.